The molecule has 0 nitrogen and oxygen atoms in total. The smallest absolute Gasteiger partial charge is 0.0285 e. The van der Waals surface area contributed by atoms with Crippen LogP contribution in [0.4, 0.5) is 0 Å². The zero-order valence-corrected chi connectivity index (χ0v) is 27.2. The van der Waals surface area contributed by atoms with E-state index in [4.69, 9.17) is 0 Å². The molecule has 0 heterocycles. The molecular weight excluding hydrogens is 480 g/mol. The van der Waals surface area contributed by atoms with Crippen LogP contribution in [0.3, 0.4) is 0 Å². The van der Waals surface area contributed by atoms with Gasteiger partial charge in [-0.1, -0.05) is 154 Å². The molecule has 0 aromatic rings. The number of hydrogen-bond acceptors (Lipinski definition) is 0. The van der Waals surface area contributed by atoms with Crippen LogP contribution in [-0.2, 0) is 0 Å². The molecule has 0 aliphatic heterocycles. The van der Waals surface area contributed by atoms with Crippen LogP contribution in [0.5, 0.6) is 0 Å². The average Bonchev–Trinajstić information content (AvgIpc) is 2.86. The molecule has 0 aromatic heterocycles. The maximum absolute atomic E-state index is 2.30. The molecule has 0 N–H and O–H groups in total. The Balaban J connectivity index is 4.70. The highest BCUT2D eigenvalue weighted by Crippen LogP contribution is 2.09. The van der Waals surface area contributed by atoms with Crippen LogP contribution in [0.2, 0.25) is 0 Å². The first kappa shape index (κ1) is 36.6. The Morgan fingerprint density at radius 1 is 0.350 bits per heavy atom. The van der Waals surface area contributed by atoms with E-state index in [2.05, 4.69) is 179 Å². The minimum Gasteiger partial charge on any atom is -0.0856 e. The molecule has 0 radical (unpaired) electrons. The summed E-state index contributed by atoms with van der Waals surface area (Å²) in [7, 11) is 0. The summed E-state index contributed by atoms with van der Waals surface area (Å²) in [5, 5.41) is 0. The van der Waals surface area contributed by atoms with E-state index in [9.17, 15) is 0 Å². The van der Waals surface area contributed by atoms with E-state index in [0.29, 0.717) is 0 Å². The van der Waals surface area contributed by atoms with Crippen LogP contribution in [0.1, 0.15) is 94.9 Å². The molecule has 0 spiro atoms. The summed E-state index contributed by atoms with van der Waals surface area (Å²) in [5.41, 5.74) is 10.5. The topological polar surface area (TPSA) is 0 Å². The summed E-state index contributed by atoms with van der Waals surface area (Å²) in [6.07, 6.45) is 43.3. The standard InChI is InChI=1S/C40H56/c1-33(2)19-13-23-37(7)27-17-31-39(9)29-15-25-35(5)21-11-12-22-36(6)26-16-30-40(10)32-18-28-38(8)24-14-20-34(3)4/h11-12,15-22,25-32H,13-14,23-24H2,1-10H3/b12-11-,25-15-,26-16-,31-17-,32-18-,35-21-,36-22-,37-27-,38-28-,39-29-,40-30-. The molecule has 0 saturated heterocycles. The van der Waals surface area contributed by atoms with Crippen LogP contribution >= 0.6 is 0 Å². The second-order valence-electron chi connectivity index (χ2n) is 11.1. The molecule has 0 unspecified atom stereocenters. The number of hydrogen-bond donors (Lipinski definition) is 0. The van der Waals surface area contributed by atoms with Crippen molar-refractivity contribution < 1.29 is 0 Å². The molecule has 0 amide bonds. The SMILES string of the molecule is CC(C)=CCC\C(C)=C/C=C\C(C)=C/C=C\C(C)=C/C=C\C=C(C)/C=C\C=C(C)/C=C\C=C(\C)CCC=C(C)C. The molecule has 0 aromatic carbocycles. The Kier molecular flexibility index (Phi) is 21.5. The van der Waals surface area contributed by atoms with Crippen molar-refractivity contribution in [3.8, 4) is 0 Å². The third-order valence-corrected chi connectivity index (χ3v) is 5.93. The molecule has 0 aliphatic carbocycles. The normalized spacial score (nSPS) is 15.1. The van der Waals surface area contributed by atoms with Crippen molar-refractivity contribution in [3.05, 3.63) is 154 Å². The molecule has 40 heavy (non-hydrogen) atoms. The lowest BCUT2D eigenvalue weighted by Gasteiger charge is -1.96. The number of rotatable bonds is 16. The lowest BCUT2D eigenvalue weighted by molar-refractivity contribution is 0.967. The van der Waals surface area contributed by atoms with Gasteiger partial charge in [0.05, 0.1) is 0 Å². The van der Waals surface area contributed by atoms with Gasteiger partial charge in [-0.25, -0.2) is 0 Å². The largest absolute Gasteiger partial charge is 0.0856 e. The van der Waals surface area contributed by atoms with Gasteiger partial charge >= 0.3 is 0 Å². The van der Waals surface area contributed by atoms with Crippen molar-refractivity contribution in [1.82, 2.24) is 0 Å². The van der Waals surface area contributed by atoms with E-state index in [1.807, 2.05) is 0 Å². The third kappa shape index (κ3) is 24.9. The van der Waals surface area contributed by atoms with Gasteiger partial charge in [0.2, 0.25) is 0 Å². The van der Waals surface area contributed by atoms with Crippen LogP contribution in [0.25, 0.3) is 0 Å². The predicted molar refractivity (Wildman–Crippen MR) is 186 cm³/mol. The van der Waals surface area contributed by atoms with E-state index >= 15 is 0 Å². The highest BCUT2D eigenvalue weighted by Gasteiger charge is 1.88. The van der Waals surface area contributed by atoms with Gasteiger partial charge in [0.1, 0.15) is 0 Å². The quantitative estimate of drug-likeness (QED) is 0.136. The summed E-state index contributed by atoms with van der Waals surface area (Å²) >= 11 is 0. The molecule has 0 aliphatic rings. The first-order chi connectivity index (χ1) is 19.0. The van der Waals surface area contributed by atoms with Crippen molar-refractivity contribution >= 4 is 0 Å². The van der Waals surface area contributed by atoms with Gasteiger partial charge in [-0.3, -0.25) is 0 Å². The highest BCUT2D eigenvalue weighted by molar-refractivity contribution is 5.32. The predicted octanol–water partition coefficient (Wildman–Crippen LogP) is 12.9. The average molecular weight is 537 g/mol. The van der Waals surface area contributed by atoms with Crippen LogP contribution < -0.4 is 0 Å². The first-order valence-corrected chi connectivity index (χ1v) is 14.7. The lowest BCUT2D eigenvalue weighted by atomic mass is 10.1. The van der Waals surface area contributed by atoms with E-state index in [1.54, 1.807) is 0 Å². The molecule has 0 atom stereocenters. The molecular formula is C40H56. The Morgan fingerprint density at radius 3 is 0.925 bits per heavy atom. The molecule has 0 saturated carbocycles. The fraction of sp³-hybridized carbons (Fsp3) is 0.350. The minimum atomic E-state index is 1.12. The highest BCUT2D eigenvalue weighted by atomic mass is 13.9. The Hall–Kier alpha value is -3.38. The van der Waals surface area contributed by atoms with Gasteiger partial charge < -0.3 is 0 Å². The molecule has 0 rings (SSSR count). The van der Waals surface area contributed by atoms with Gasteiger partial charge in [-0.05, 0) is 94.9 Å². The summed E-state index contributed by atoms with van der Waals surface area (Å²) in [5.74, 6) is 0. The fourth-order valence-corrected chi connectivity index (χ4v) is 3.41. The maximum Gasteiger partial charge on any atom is -0.0285 e. The van der Waals surface area contributed by atoms with Crippen LogP contribution in [0.15, 0.2) is 154 Å². The summed E-state index contributed by atoms with van der Waals surface area (Å²) in [4.78, 5) is 0. The Bertz CT molecular complexity index is 1050. The van der Waals surface area contributed by atoms with Crippen LogP contribution in [0, 0.1) is 0 Å². The van der Waals surface area contributed by atoms with E-state index < -0.39 is 0 Å². The van der Waals surface area contributed by atoms with Crippen molar-refractivity contribution in [1.29, 1.82) is 0 Å². The zero-order valence-electron chi connectivity index (χ0n) is 27.2. The lowest BCUT2D eigenvalue weighted by Crippen LogP contribution is -1.76. The van der Waals surface area contributed by atoms with Gasteiger partial charge in [0.25, 0.3) is 0 Å². The van der Waals surface area contributed by atoms with Gasteiger partial charge in [0.15, 0.2) is 0 Å². The van der Waals surface area contributed by atoms with E-state index in [0.717, 1.165) is 25.7 Å². The molecule has 0 fully saturated rings. The van der Waals surface area contributed by atoms with Gasteiger partial charge in [0, 0.05) is 0 Å². The second kappa shape index (κ2) is 23.5. The third-order valence-electron chi connectivity index (χ3n) is 5.93. The minimum absolute atomic E-state index is 1.12. The summed E-state index contributed by atoms with van der Waals surface area (Å²) < 4.78 is 0. The van der Waals surface area contributed by atoms with Gasteiger partial charge in [-0.2, -0.15) is 0 Å². The molecule has 0 heteroatoms. The van der Waals surface area contributed by atoms with E-state index in [-0.39, 0.29) is 0 Å². The summed E-state index contributed by atoms with van der Waals surface area (Å²) in [6.45, 7) is 21.5. The zero-order chi connectivity index (χ0) is 30.2. The van der Waals surface area contributed by atoms with Crippen LogP contribution in [-0.4, -0.2) is 0 Å². The fourth-order valence-electron chi connectivity index (χ4n) is 3.41. The summed E-state index contributed by atoms with van der Waals surface area (Å²) in [6, 6.07) is 0. The van der Waals surface area contributed by atoms with E-state index in [1.165, 1.54) is 44.6 Å². The van der Waals surface area contributed by atoms with Gasteiger partial charge in [-0.15, -0.1) is 0 Å². The number of allylic oxidation sites excluding steroid dienone is 26. The maximum atomic E-state index is 2.30. The Morgan fingerprint density at radius 2 is 0.625 bits per heavy atom. The van der Waals surface area contributed by atoms with Crippen molar-refractivity contribution in [3.63, 3.8) is 0 Å². The monoisotopic (exact) mass is 536 g/mol. The van der Waals surface area contributed by atoms with Crippen molar-refractivity contribution in [2.45, 2.75) is 94.9 Å². The van der Waals surface area contributed by atoms with Crippen molar-refractivity contribution in [2.75, 3.05) is 0 Å². The molecule has 216 valence electrons. The molecule has 0 bridgehead atoms. The van der Waals surface area contributed by atoms with Crippen molar-refractivity contribution in [2.24, 2.45) is 0 Å². The second-order valence-corrected chi connectivity index (χ2v) is 11.1. The first-order valence-electron chi connectivity index (χ1n) is 14.7. The Labute approximate surface area is 248 Å².